The number of likely N-dealkylation sites (tertiary alicyclic amines) is 1. The number of nitrogens with one attached hydrogen (secondary N) is 1. The molecule has 2 aliphatic rings. The number of hydrogen-bond donors (Lipinski definition) is 1. The van der Waals surface area contributed by atoms with E-state index in [9.17, 15) is 27.2 Å². The third-order valence-electron chi connectivity index (χ3n) is 4.68. The van der Waals surface area contributed by atoms with Crippen LogP contribution in [0.15, 0.2) is 0 Å². The number of likely N-dealkylation sites (N-methyl/N-ethyl adjacent to an activating group) is 1. The summed E-state index contributed by atoms with van der Waals surface area (Å²) in [5.74, 6) is -3.33. The Morgan fingerprint density at radius 2 is 2.00 bits per heavy atom. The van der Waals surface area contributed by atoms with Crippen LogP contribution in [0.3, 0.4) is 0 Å². The molecule has 0 spiro atoms. The number of carbonyl (C=O) groups excluding carboxylic acids is 2. The van der Waals surface area contributed by atoms with E-state index in [2.05, 4.69) is 5.32 Å². The summed E-state index contributed by atoms with van der Waals surface area (Å²) >= 11 is 0. The van der Waals surface area contributed by atoms with Gasteiger partial charge in [-0.2, -0.15) is 13.2 Å². The van der Waals surface area contributed by atoms with E-state index in [1.165, 1.54) is 11.9 Å². The van der Waals surface area contributed by atoms with Crippen LogP contribution in [0.1, 0.15) is 32.1 Å². The summed E-state index contributed by atoms with van der Waals surface area (Å²) in [4.78, 5) is 24.7. The molecule has 0 radical (unpaired) electrons. The van der Waals surface area contributed by atoms with Crippen molar-refractivity contribution in [2.24, 2.45) is 11.8 Å². The van der Waals surface area contributed by atoms with Crippen molar-refractivity contribution in [1.82, 2.24) is 10.2 Å². The maximum absolute atomic E-state index is 14.0. The first kappa shape index (κ1) is 17.0. The Balaban J connectivity index is 1.88. The summed E-state index contributed by atoms with van der Waals surface area (Å²) < 4.78 is 52.2. The van der Waals surface area contributed by atoms with Crippen LogP contribution >= 0.6 is 0 Å². The summed E-state index contributed by atoms with van der Waals surface area (Å²) in [5, 5.41) is 2.51. The van der Waals surface area contributed by atoms with Crippen LogP contribution < -0.4 is 5.32 Å². The van der Waals surface area contributed by atoms with Gasteiger partial charge in [0.05, 0.1) is 5.92 Å². The minimum atomic E-state index is -4.54. The number of rotatable bonds is 3. The van der Waals surface area contributed by atoms with E-state index in [0.717, 1.165) is 0 Å². The molecule has 0 aromatic heterocycles. The molecule has 4 unspecified atom stereocenters. The van der Waals surface area contributed by atoms with Crippen LogP contribution in [0, 0.1) is 11.8 Å². The normalized spacial score (nSPS) is 33.1. The predicted molar refractivity (Wildman–Crippen MR) is 70.6 cm³/mol. The first-order valence-corrected chi connectivity index (χ1v) is 7.46. The lowest BCUT2D eigenvalue weighted by atomic mass is 9.79. The van der Waals surface area contributed by atoms with Gasteiger partial charge in [0.2, 0.25) is 11.8 Å². The quantitative estimate of drug-likeness (QED) is 0.808. The summed E-state index contributed by atoms with van der Waals surface area (Å²) in [7, 11) is 1.51. The molecule has 126 valence electrons. The van der Waals surface area contributed by atoms with E-state index in [1.54, 1.807) is 0 Å². The Hall–Kier alpha value is -1.34. The van der Waals surface area contributed by atoms with Gasteiger partial charge in [0.1, 0.15) is 12.2 Å². The van der Waals surface area contributed by atoms with Crippen LogP contribution in [0.2, 0.25) is 0 Å². The van der Waals surface area contributed by atoms with Gasteiger partial charge >= 0.3 is 6.18 Å². The van der Waals surface area contributed by atoms with Gasteiger partial charge in [0.25, 0.3) is 0 Å². The summed E-state index contributed by atoms with van der Waals surface area (Å²) in [6, 6.07) is -0.604. The molecule has 1 heterocycles. The fourth-order valence-corrected chi connectivity index (χ4v) is 3.27. The molecule has 1 saturated heterocycles. The summed E-state index contributed by atoms with van der Waals surface area (Å²) in [5.41, 5.74) is 0. The molecule has 0 aromatic carbocycles. The Bertz CT molecular complexity index is 441. The smallest absolute Gasteiger partial charge is 0.354 e. The third-order valence-corrected chi connectivity index (χ3v) is 4.68. The van der Waals surface area contributed by atoms with E-state index < -0.39 is 36.1 Å². The van der Waals surface area contributed by atoms with Crippen LogP contribution in [-0.2, 0) is 9.59 Å². The van der Waals surface area contributed by atoms with Crippen LogP contribution in [0.4, 0.5) is 17.6 Å². The highest BCUT2D eigenvalue weighted by Crippen LogP contribution is 2.41. The number of alkyl halides is 4. The van der Waals surface area contributed by atoms with Crippen molar-refractivity contribution in [3.05, 3.63) is 0 Å². The first-order valence-electron chi connectivity index (χ1n) is 7.46. The molecule has 1 saturated carbocycles. The molecule has 1 N–H and O–H groups in total. The molecule has 8 heteroatoms. The molecular weight excluding hydrogens is 304 g/mol. The Labute approximate surface area is 126 Å². The molecule has 2 fully saturated rings. The van der Waals surface area contributed by atoms with Crippen LogP contribution in [0.5, 0.6) is 0 Å². The fraction of sp³-hybridized carbons (Fsp3) is 0.857. The lowest BCUT2D eigenvalue weighted by Crippen LogP contribution is -2.47. The fourth-order valence-electron chi connectivity index (χ4n) is 3.27. The van der Waals surface area contributed by atoms with E-state index in [-0.39, 0.29) is 25.3 Å². The number of hydrogen-bond acceptors (Lipinski definition) is 2. The van der Waals surface area contributed by atoms with Gasteiger partial charge in [-0.25, -0.2) is 4.39 Å². The van der Waals surface area contributed by atoms with Crippen LogP contribution in [-0.4, -0.2) is 48.7 Å². The molecule has 1 aliphatic heterocycles. The highest BCUT2D eigenvalue weighted by molar-refractivity contribution is 5.90. The van der Waals surface area contributed by atoms with Gasteiger partial charge in [-0.3, -0.25) is 9.59 Å². The van der Waals surface area contributed by atoms with Gasteiger partial charge in [0.15, 0.2) is 0 Å². The van der Waals surface area contributed by atoms with Gasteiger partial charge in [0, 0.05) is 25.9 Å². The molecule has 2 rings (SSSR count). The van der Waals surface area contributed by atoms with Crippen molar-refractivity contribution in [3.63, 3.8) is 0 Å². The largest absolute Gasteiger partial charge is 0.394 e. The van der Waals surface area contributed by atoms with E-state index in [4.69, 9.17) is 0 Å². The molecule has 4 nitrogen and oxygen atoms in total. The zero-order valence-corrected chi connectivity index (χ0v) is 12.3. The molecule has 4 atom stereocenters. The van der Waals surface area contributed by atoms with E-state index in [1.807, 2.05) is 0 Å². The zero-order chi connectivity index (χ0) is 16.5. The Kier molecular flexibility index (Phi) is 4.97. The number of nitrogens with zero attached hydrogens (tertiary/aromatic N) is 1. The highest BCUT2D eigenvalue weighted by Gasteiger charge is 2.49. The summed E-state index contributed by atoms with van der Waals surface area (Å²) in [6.07, 6.45) is -5.44. The van der Waals surface area contributed by atoms with Crippen molar-refractivity contribution in [2.45, 2.75) is 50.5 Å². The van der Waals surface area contributed by atoms with Crippen molar-refractivity contribution < 1.29 is 27.2 Å². The number of halogens is 4. The van der Waals surface area contributed by atoms with Crippen molar-refractivity contribution >= 4 is 11.8 Å². The Morgan fingerprint density at radius 3 is 2.55 bits per heavy atom. The average Bonchev–Trinajstić information content (AvgIpc) is 2.76. The average molecular weight is 324 g/mol. The molecule has 1 aliphatic carbocycles. The maximum atomic E-state index is 14.0. The molecular formula is C14H20F4N2O2. The molecule has 22 heavy (non-hydrogen) atoms. The van der Waals surface area contributed by atoms with Crippen molar-refractivity contribution in [1.29, 1.82) is 0 Å². The van der Waals surface area contributed by atoms with E-state index >= 15 is 0 Å². The molecule has 0 aromatic rings. The predicted octanol–water partition coefficient (Wildman–Crippen LogP) is 2.04. The monoisotopic (exact) mass is 324 g/mol. The van der Waals surface area contributed by atoms with Gasteiger partial charge in [-0.05, 0) is 19.3 Å². The highest BCUT2D eigenvalue weighted by atomic mass is 19.4. The maximum Gasteiger partial charge on any atom is 0.394 e. The second kappa shape index (κ2) is 6.42. The summed E-state index contributed by atoms with van der Waals surface area (Å²) in [6.45, 7) is -0.120. The molecule has 0 bridgehead atoms. The third kappa shape index (κ3) is 3.52. The van der Waals surface area contributed by atoms with E-state index in [0.29, 0.717) is 19.3 Å². The second-order valence-corrected chi connectivity index (χ2v) is 6.09. The standard InChI is InChI=1S/C14H20F4N2O2/c1-20-10(5-6-11(20)21)13(22)19-7-8-3-2-4-9(12(8)15)14(16,17)18/h8-10,12H,2-7H2,1H3,(H,19,22). The van der Waals surface area contributed by atoms with Crippen LogP contribution in [0.25, 0.3) is 0 Å². The number of carbonyl (C=O) groups is 2. The Morgan fingerprint density at radius 1 is 1.32 bits per heavy atom. The minimum Gasteiger partial charge on any atom is -0.354 e. The van der Waals surface area contributed by atoms with Gasteiger partial charge < -0.3 is 10.2 Å². The SMILES string of the molecule is CN1C(=O)CCC1C(=O)NCC1CCCC(C(F)(F)F)C1F. The second-order valence-electron chi connectivity index (χ2n) is 6.09. The van der Waals surface area contributed by atoms with Gasteiger partial charge in [-0.1, -0.05) is 6.42 Å². The van der Waals surface area contributed by atoms with Crippen molar-refractivity contribution in [2.75, 3.05) is 13.6 Å². The first-order chi connectivity index (χ1) is 10.2. The topological polar surface area (TPSA) is 49.4 Å². The number of amides is 2. The van der Waals surface area contributed by atoms with Gasteiger partial charge in [-0.15, -0.1) is 0 Å². The minimum absolute atomic E-state index is 0.120. The lowest BCUT2D eigenvalue weighted by Gasteiger charge is -2.34. The molecule has 2 amide bonds. The van der Waals surface area contributed by atoms with Crippen molar-refractivity contribution in [3.8, 4) is 0 Å². The zero-order valence-electron chi connectivity index (χ0n) is 12.3. The lowest BCUT2D eigenvalue weighted by molar-refractivity contribution is -0.204.